The summed E-state index contributed by atoms with van der Waals surface area (Å²) in [4.78, 5) is 30.5. The van der Waals surface area contributed by atoms with Gasteiger partial charge in [-0.05, 0) is 24.0 Å². The lowest BCUT2D eigenvalue weighted by atomic mass is 10.2. The van der Waals surface area contributed by atoms with Gasteiger partial charge in [0.15, 0.2) is 0 Å². The van der Waals surface area contributed by atoms with Crippen LogP contribution in [0.5, 0.6) is 0 Å². The van der Waals surface area contributed by atoms with Crippen LogP contribution in [0.3, 0.4) is 0 Å². The average Bonchev–Trinajstić information content (AvgIpc) is 2.47. The molecule has 0 aliphatic rings. The Kier molecular flexibility index (Phi) is 4.95. The van der Waals surface area contributed by atoms with Crippen LogP contribution in [0.25, 0.3) is 10.9 Å². The van der Waals surface area contributed by atoms with Crippen LogP contribution in [0, 0.1) is 0 Å². The quantitative estimate of drug-likeness (QED) is 0.329. The summed E-state index contributed by atoms with van der Waals surface area (Å²) in [6.45, 7) is 2.02. The Morgan fingerprint density at radius 3 is 2.64 bits per heavy atom. The largest absolute Gasteiger partial charge is 0.545 e. The molecule has 8 heteroatoms. The zero-order valence-electron chi connectivity index (χ0n) is 11.5. The van der Waals surface area contributed by atoms with Crippen LogP contribution in [0.4, 0.5) is 5.82 Å². The molecular weight excluding hydrogens is 306 g/mol. The molecular formula is C14H11N3O4S-2. The van der Waals surface area contributed by atoms with Gasteiger partial charge >= 0.3 is 0 Å². The number of anilines is 1. The second-order valence-electron chi connectivity index (χ2n) is 4.11. The molecule has 1 aromatic heterocycles. The first-order chi connectivity index (χ1) is 10.5. The number of carbonyl (C=O) groups excluding carboxylic acids is 2. The number of fused-ring (bicyclic) bond motifs is 1. The average molecular weight is 317 g/mol. The van der Waals surface area contributed by atoms with Gasteiger partial charge in [-0.15, -0.1) is 11.8 Å². The van der Waals surface area contributed by atoms with Gasteiger partial charge in [0, 0.05) is 22.1 Å². The predicted molar refractivity (Wildman–Crippen MR) is 77.7 cm³/mol. The molecule has 114 valence electrons. The normalized spacial score (nSPS) is 10.2. The van der Waals surface area contributed by atoms with Crippen LogP contribution < -0.4 is 15.5 Å². The van der Waals surface area contributed by atoms with Crippen LogP contribution in [-0.4, -0.2) is 27.7 Å². The molecule has 2 rings (SSSR count). The lowest BCUT2D eigenvalue weighted by Crippen LogP contribution is -2.36. The first-order valence-electron chi connectivity index (χ1n) is 6.30. The van der Waals surface area contributed by atoms with Crippen molar-refractivity contribution < 1.29 is 19.8 Å². The summed E-state index contributed by atoms with van der Waals surface area (Å²) in [6.07, 6.45) is 2.08. The molecule has 0 saturated heterocycles. The molecule has 0 aliphatic heterocycles. The van der Waals surface area contributed by atoms with Crippen LogP contribution in [0.15, 0.2) is 41.2 Å². The van der Waals surface area contributed by atoms with E-state index in [-0.39, 0.29) is 0 Å². The Labute approximate surface area is 130 Å². The molecule has 0 fully saturated rings. The highest BCUT2D eigenvalue weighted by atomic mass is 32.2. The molecule has 22 heavy (non-hydrogen) atoms. The van der Waals surface area contributed by atoms with Gasteiger partial charge in [0.1, 0.15) is 12.1 Å². The van der Waals surface area contributed by atoms with Crippen molar-refractivity contribution in [1.29, 1.82) is 0 Å². The summed E-state index contributed by atoms with van der Waals surface area (Å²) in [7, 11) is 0. The highest BCUT2D eigenvalue weighted by Gasteiger charge is 2.05. The molecule has 1 N–H and O–H groups in total. The Balaban J connectivity index is 2.42. The van der Waals surface area contributed by atoms with Crippen molar-refractivity contribution in [1.82, 2.24) is 9.97 Å². The highest BCUT2D eigenvalue weighted by Crippen LogP contribution is 2.26. The SMILES string of the molecule is CCSc1ccc2ncnc(NC=C(C(=O)[O-])C(=O)[O-])c2c1. The van der Waals surface area contributed by atoms with Gasteiger partial charge in [0.2, 0.25) is 0 Å². The number of hydrogen-bond donors (Lipinski definition) is 1. The third kappa shape index (κ3) is 3.53. The third-order valence-corrected chi connectivity index (χ3v) is 3.59. The van der Waals surface area contributed by atoms with Gasteiger partial charge in [-0.25, -0.2) is 9.97 Å². The van der Waals surface area contributed by atoms with E-state index < -0.39 is 17.5 Å². The second-order valence-corrected chi connectivity index (χ2v) is 5.45. The molecule has 0 saturated carbocycles. The van der Waals surface area contributed by atoms with Gasteiger partial charge in [-0.2, -0.15) is 0 Å². The lowest BCUT2D eigenvalue weighted by Gasteiger charge is -2.11. The summed E-state index contributed by atoms with van der Waals surface area (Å²) in [6, 6.07) is 5.57. The van der Waals surface area contributed by atoms with Crippen molar-refractivity contribution in [2.24, 2.45) is 0 Å². The highest BCUT2D eigenvalue weighted by molar-refractivity contribution is 7.99. The van der Waals surface area contributed by atoms with E-state index in [1.54, 1.807) is 11.8 Å². The molecule has 7 nitrogen and oxygen atoms in total. The third-order valence-electron chi connectivity index (χ3n) is 2.71. The summed E-state index contributed by atoms with van der Waals surface area (Å²) >= 11 is 1.63. The number of nitrogens with one attached hydrogen (secondary N) is 1. The second kappa shape index (κ2) is 6.90. The first-order valence-corrected chi connectivity index (χ1v) is 7.28. The minimum absolute atomic E-state index is 0.295. The predicted octanol–water partition coefficient (Wildman–Crippen LogP) is -0.463. The van der Waals surface area contributed by atoms with Crippen LogP contribution in [0.2, 0.25) is 0 Å². The zero-order chi connectivity index (χ0) is 16.1. The van der Waals surface area contributed by atoms with E-state index in [9.17, 15) is 19.8 Å². The molecule has 0 radical (unpaired) electrons. The smallest absolute Gasteiger partial charge is 0.141 e. The van der Waals surface area contributed by atoms with Crippen molar-refractivity contribution in [3.63, 3.8) is 0 Å². The van der Waals surface area contributed by atoms with Crippen LogP contribution >= 0.6 is 11.8 Å². The number of aromatic nitrogens is 2. The van der Waals surface area contributed by atoms with Crippen molar-refractivity contribution in [3.05, 3.63) is 36.3 Å². The van der Waals surface area contributed by atoms with E-state index in [0.717, 1.165) is 16.8 Å². The molecule has 1 aromatic carbocycles. The molecule has 2 aromatic rings. The molecule has 0 spiro atoms. The van der Waals surface area contributed by atoms with Gasteiger partial charge in [0.05, 0.1) is 17.5 Å². The number of rotatable bonds is 6. The van der Waals surface area contributed by atoms with E-state index >= 15 is 0 Å². The maximum atomic E-state index is 10.7. The Bertz CT molecular complexity index is 745. The van der Waals surface area contributed by atoms with Crippen molar-refractivity contribution >= 4 is 40.4 Å². The number of carboxylic acids is 2. The Morgan fingerprint density at radius 1 is 1.27 bits per heavy atom. The standard InChI is InChI=1S/C14H13N3O4S/c1-2-22-8-3-4-11-9(5-8)12(17-7-16-11)15-6-10(13(18)19)14(20)21/h3-7H,2H2,1H3,(H,18,19)(H,20,21)(H,15,16,17)/p-2. The van der Waals surface area contributed by atoms with Crippen molar-refractivity contribution in [3.8, 4) is 0 Å². The van der Waals surface area contributed by atoms with E-state index in [2.05, 4.69) is 15.3 Å². The number of carbonyl (C=O) groups is 2. The fraction of sp³-hybridized carbons (Fsp3) is 0.143. The number of benzene rings is 1. The number of thioether (sulfide) groups is 1. The fourth-order valence-corrected chi connectivity index (χ4v) is 2.45. The maximum Gasteiger partial charge on any atom is 0.141 e. The van der Waals surface area contributed by atoms with Crippen molar-refractivity contribution in [2.75, 3.05) is 11.1 Å². The Hall–Kier alpha value is -2.61. The molecule has 0 bridgehead atoms. The topological polar surface area (TPSA) is 118 Å². The fourth-order valence-electron chi connectivity index (χ4n) is 1.75. The van der Waals surface area contributed by atoms with E-state index in [4.69, 9.17) is 0 Å². The molecule has 0 aliphatic carbocycles. The van der Waals surface area contributed by atoms with Crippen molar-refractivity contribution in [2.45, 2.75) is 11.8 Å². The van der Waals surface area contributed by atoms with Gasteiger partial charge in [-0.1, -0.05) is 6.92 Å². The molecule has 0 amide bonds. The van der Waals surface area contributed by atoms with Gasteiger partial charge in [-0.3, -0.25) is 0 Å². The number of nitrogens with zero attached hydrogens (tertiary/aromatic N) is 2. The minimum atomic E-state index is -1.84. The molecule has 0 unspecified atom stereocenters. The number of aliphatic carboxylic acids is 2. The summed E-state index contributed by atoms with van der Waals surface area (Å²) in [5, 5.41) is 24.6. The number of carboxylic acid groups (broad SMARTS) is 2. The van der Waals surface area contributed by atoms with Crippen LogP contribution in [-0.2, 0) is 9.59 Å². The summed E-state index contributed by atoms with van der Waals surface area (Å²) < 4.78 is 0. The minimum Gasteiger partial charge on any atom is -0.545 e. The Morgan fingerprint density at radius 2 is 2.00 bits per heavy atom. The lowest BCUT2D eigenvalue weighted by molar-refractivity contribution is -0.312. The van der Waals surface area contributed by atoms with E-state index in [0.29, 0.717) is 16.7 Å². The monoisotopic (exact) mass is 317 g/mol. The summed E-state index contributed by atoms with van der Waals surface area (Å²) in [5.74, 6) is -2.49. The van der Waals surface area contributed by atoms with Crippen LogP contribution in [0.1, 0.15) is 6.92 Å². The van der Waals surface area contributed by atoms with E-state index in [1.807, 2.05) is 25.1 Å². The van der Waals surface area contributed by atoms with Gasteiger partial charge < -0.3 is 25.1 Å². The zero-order valence-corrected chi connectivity index (χ0v) is 12.3. The molecule has 0 atom stereocenters. The molecule has 1 heterocycles. The summed E-state index contributed by atoms with van der Waals surface area (Å²) in [5.41, 5.74) is -0.347. The first kappa shape index (κ1) is 15.8. The van der Waals surface area contributed by atoms with Gasteiger partial charge in [0.25, 0.3) is 0 Å². The van der Waals surface area contributed by atoms with E-state index in [1.165, 1.54) is 6.33 Å². The number of hydrogen-bond acceptors (Lipinski definition) is 8. The maximum absolute atomic E-state index is 10.7.